The normalized spacial score (nSPS) is 11.7. The van der Waals surface area contributed by atoms with Crippen molar-refractivity contribution >= 4 is 39.7 Å². The van der Waals surface area contributed by atoms with Crippen LogP contribution in [0.4, 0.5) is 0 Å². The molecule has 37 heavy (non-hydrogen) atoms. The van der Waals surface area contributed by atoms with E-state index in [4.69, 9.17) is 20.8 Å². The Hall–Kier alpha value is -3.51. The molecule has 0 spiro atoms. The highest BCUT2D eigenvalue weighted by molar-refractivity contribution is 7.89. The van der Waals surface area contributed by atoms with Gasteiger partial charge in [0.1, 0.15) is 11.5 Å². The van der Waals surface area contributed by atoms with Crippen molar-refractivity contribution < 1.29 is 27.2 Å². The second-order valence-electron chi connectivity index (χ2n) is 7.96. The van der Waals surface area contributed by atoms with E-state index in [0.717, 1.165) is 11.1 Å². The number of sulfonamides is 1. The molecular formula is C25H27ClN4O6S. The van der Waals surface area contributed by atoms with Crippen LogP contribution in [0, 0.1) is 6.92 Å². The van der Waals surface area contributed by atoms with Gasteiger partial charge < -0.3 is 14.5 Å². The molecule has 0 unspecified atom stereocenters. The van der Waals surface area contributed by atoms with E-state index in [1.165, 1.54) is 17.6 Å². The number of methoxy groups -OCH3 is 1. The number of nitrogens with zero attached hydrogens (tertiary/aromatic N) is 2. The Kier molecular flexibility index (Phi) is 9.98. The average Bonchev–Trinajstić information content (AvgIpc) is 3.32. The monoisotopic (exact) mass is 546 g/mol. The summed E-state index contributed by atoms with van der Waals surface area (Å²) in [6.07, 6.45) is 1.21. The molecule has 0 saturated heterocycles. The Balaban J connectivity index is 1.72. The van der Waals surface area contributed by atoms with E-state index in [0.29, 0.717) is 10.8 Å². The highest BCUT2D eigenvalue weighted by atomic mass is 35.5. The number of nitrogens with one attached hydrogen (secondary N) is 2. The van der Waals surface area contributed by atoms with E-state index in [-0.39, 0.29) is 36.9 Å². The molecule has 1 aromatic heterocycles. The fourth-order valence-electron chi connectivity index (χ4n) is 3.15. The largest absolute Gasteiger partial charge is 0.459 e. The number of ether oxygens (including phenoxy) is 1. The SMILES string of the molecule is COCCNC(=O)C(=O)N/N=C/c1ccc(CN(Cc2ccc(Cl)cc2)S(=O)(=O)c2ccc(C)cc2)o1. The quantitative estimate of drug-likeness (QED) is 0.165. The van der Waals surface area contributed by atoms with Gasteiger partial charge in [-0.25, -0.2) is 13.8 Å². The molecule has 0 aliphatic rings. The average molecular weight is 547 g/mol. The maximum absolute atomic E-state index is 13.5. The van der Waals surface area contributed by atoms with Crippen LogP contribution in [0.3, 0.4) is 0 Å². The molecule has 3 rings (SSSR count). The standard InChI is InChI=1S/C25H27ClN4O6S/c1-18-3-11-23(12-4-18)37(33,34)30(16-19-5-7-20(26)8-6-19)17-22-10-9-21(36-22)15-28-29-25(32)24(31)27-13-14-35-2/h3-12,15H,13-14,16-17H2,1-2H3,(H,27,31)(H,29,32)/b28-15+. The fraction of sp³-hybridized carbons (Fsp3) is 0.240. The van der Waals surface area contributed by atoms with Gasteiger partial charge in [0, 0.05) is 25.2 Å². The molecule has 0 aliphatic heterocycles. The van der Waals surface area contributed by atoms with E-state index < -0.39 is 21.8 Å². The third kappa shape index (κ3) is 8.25. The predicted octanol–water partition coefficient (Wildman–Crippen LogP) is 2.85. The number of aryl methyl sites for hydroxylation is 1. The van der Waals surface area contributed by atoms with Gasteiger partial charge in [0.15, 0.2) is 0 Å². The van der Waals surface area contributed by atoms with Crippen LogP contribution < -0.4 is 10.7 Å². The number of hydrazone groups is 1. The van der Waals surface area contributed by atoms with Crippen molar-refractivity contribution in [1.82, 2.24) is 15.0 Å². The Bertz CT molecular complexity index is 1340. The van der Waals surface area contributed by atoms with Crippen molar-refractivity contribution in [3.8, 4) is 0 Å². The summed E-state index contributed by atoms with van der Waals surface area (Å²) in [7, 11) is -2.39. The lowest BCUT2D eigenvalue weighted by atomic mass is 10.2. The Morgan fingerprint density at radius 2 is 1.73 bits per heavy atom. The number of furan rings is 1. The van der Waals surface area contributed by atoms with Crippen LogP contribution in [0.25, 0.3) is 0 Å². The first-order valence-corrected chi connectivity index (χ1v) is 13.0. The molecule has 10 nitrogen and oxygen atoms in total. The van der Waals surface area contributed by atoms with Gasteiger partial charge in [-0.1, -0.05) is 41.4 Å². The van der Waals surface area contributed by atoms with Gasteiger partial charge in [-0.2, -0.15) is 9.41 Å². The zero-order chi connectivity index (χ0) is 26.8. The minimum Gasteiger partial charge on any atom is -0.459 e. The van der Waals surface area contributed by atoms with Crippen LogP contribution in [-0.2, 0) is 37.4 Å². The minimum absolute atomic E-state index is 0.0546. The van der Waals surface area contributed by atoms with Crippen molar-refractivity contribution in [2.75, 3.05) is 20.3 Å². The number of carbonyl (C=O) groups excluding carboxylic acids is 2. The molecule has 12 heteroatoms. The van der Waals surface area contributed by atoms with Gasteiger partial charge in [-0.3, -0.25) is 9.59 Å². The van der Waals surface area contributed by atoms with Crippen LogP contribution in [-0.4, -0.2) is 51.0 Å². The molecule has 3 aromatic rings. The number of benzene rings is 2. The number of hydrogen-bond donors (Lipinski definition) is 2. The number of carbonyl (C=O) groups is 2. The Morgan fingerprint density at radius 3 is 2.41 bits per heavy atom. The van der Waals surface area contributed by atoms with E-state index in [9.17, 15) is 18.0 Å². The number of amides is 2. The zero-order valence-electron chi connectivity index (χ0n) is 20.3. The molecule has 196 valence electrons. The van der Waals surface area contributed by atoms with Crippen LogP contribution in [0.15, 0.2) is 75.1 Å². The van der Waals surface area contributed by atoms with E-state index in [1.54, 1.807) is 60.7 Å². The van der Waals surface area contributed by atoms with Gasteiger partial charge in [-0.15, -0.1) is 0 Å². The zero-order valence-corrected chi connectivity index (χ0v) is 21.9. The predicted molar refractivity (Wildman–Crippen MR) is 138 cm³/mol. The maximum Gasteiger partial charge on any atom is 0.329 e. The third-order valence-electron chi connectivity index (χ3n) is 5.10. The van der Waals surface area contributed by atoms with Gasteiger partial charge in [-0.05, 0) is 48.9 Å². The molecule has 2 aromatic carbocycles. The molecule has 0 fully saturated rings. The molecule has 0 radical (unpaired) electrons. The van der Waals surface area contributed by atoms with Crippen molar-refractivity contribution in [3.05, 3.63) is 88.3 Å². The van der Waals surface area contributed by atoms with Crippen LogP contribution in [0.1, 0.15) is 22.6 Å². The van der Waals surface area contributed by atoms with E-state index in [2.05, 4.69) is 15.8 Å². The summed E-state index contributed by atoms with van der Waals surface area (Å²) in [5, 5.41) is 6.62. The molecular weight excluding hydrogens is 520 g/mol. The molecule has 0 aliphatic carbocycles. The van der Waals surface area contributed by atoms with Gasteiger partial charge in [0.2, 0.25) is 10.0 Å². The van der Waals surface area contributed by atoms with Crippen molar-refractivity contribution in [1.29, 1.82) is 0 Å². The molecule has 0 bridgehead atoms. The summed E-state index contributed by atoms with van der Waals surface area (Å²) in [5.41, 5.74) is 3.79. The van der Waals surface area contributed by atoms with Crippen LogP contribution >= 0.6 is 11.6 Å². The summed E-state index contributed by atoms with van der Waals surface area (Å²) < 4.78 is 38.7. The Morgan fingerprint density at radius 1 is 1.03 bits per heavy atom. The summed E-state index contributed by atoms with van der Waals surface area (Å²) in [4.78, 5) is 23.5. The topological polar surface area (TPSA) is 130 Å². The lowest BCUT2D eigenvalue weighted by molar-refractivity contribution is -0.139. The lowest BCUT2D eigenvalue weighted by Gasteiger charge is -2.21. The maximum atomic E-state index is 13.5. The minimum atomic E-state index is -3.87. The first-order chi connectivity index (χ1) is 17.7. The second-order valence-corrected chi connectivity index (χ2v) is 10.3. The summed E-state index contributed by atoms with van der Waals surface area (Å²) in [5.74, 6) is -1.19. The molecule has 2 amide bonds. The van der Waals surface area contributed by atoms with Gasteiger partial charge in [0.05, 0.1) is 24.3 Å². The van der Waals surface area contributed by atoms with Crippen LogP contribution in [0.5, 0.6) is 0 Å². The molecule has 1 heterocycles. The number of halogens is 1. The summed E-state index contributed by atoms with van der Waals surface area (Å²) >= 11 is 5.98. The van der Waals surface area contributed by atoms with Crippen molar-refractivity contribution in [3.63, 3.8) is 0 Å². The summed E-state index contributed by atoms with van der Waals surface area (Å²) in [6.45, 7) is 2.37. The fourth-order valence-corrected chi connectivity index (χ4v) is 4.67. The van der Waals surface area contributed by atoms with E-state index in [1.807, 2.05) is 6.92 Å². The van der Waals surface area contributed by atoms with Crippen molar-refractivity contribution in [2.24, 2.45) is 5.10 Å². The smallest absolute Gasteiger partial charge is 0.329 e. The van der Waals surface area contributed by atoms with E-state index >= 15 is 0 Å². The highest BCUT2D eigenvalue weighted by Gasteiger charge is 2.26. The molecule has 2 N–H and O–H groups in total. The first kappa shape index (κ1) is 28.1. The summed E-state index contributed by atoms with van der Waals surface area (Å²) in [6, 6.07) is 16.7. The van der Waals surface area contributed by atoms with Gasteiger partial charge in [0.25, 0.3) is 0 Å². The third-order valence-corrected chi connectivity index (χ3v) is 7.16. The van der Waals surface area contributed by atoms with Crippen molar-refractivity contribution in [2.45, 2.75) is 24.9 Å². The van der Waals surface area contributed by atoms with Crippen LogP contribution in [0.2, 0.25) is 5.02 Å². The Labute approximate surface area is 220 Å². The number of hydrogen-bond acceptors (Lipinski definition) is 7. The molecule has 0 saturated carbocycles. The van der Waals surface area contributed by atoms with Gasteiger partial charge >= 0.3 is 11.8 Å². The lowest BCUT2D eigenvalue weighted by Crippen LogP contribution is -2.39. The number of rotatable bonds is 11. The highest BCUT2D eigenvalue weighted by Crippen LogP contribution is 2.23. The first-order valence-electron chi connectivity index (χ1n) is 11.2. The second kappa shape index (κ2) is 13.2. The molecule has 0 atom stereocenters.